The molecule has 2 rings (SSSR count). The Morgan fingerprint density at radius 1 is 1.12 bits per heavy atom. The van der Waals surface area contributed by atoms with Crippen LogP contribution in [0.2, 0.25) is 0 Å². The fourth-order valence-corrected chi connectivity index (χ4v) is 1.93. The molecule has 1 N–H and O–H groups in total. The molecule has 3 heteroatoms. The summed E-state index contributed by atoms with van der Waals surface area (Å²) in [5.41, 5.74) is 1.26. The molecule has 0 saturated heterocycles. The summed E-state index contributed by atoms with van der Waals surface area (Å²) in [5.74, 6) is 1.75. The molecule has 1 aliphatic heterocycles. The van der Waals surface area contributed by atoms with Gasteiger partial charge >= 0.3 is 0 Å². The Balaban J connectivity index is 1.81. The molecule has 0 atom stereocenters. The SMILES string of the molecule is CCCCCNCc1ccc2c(c1)OCCO2. The van der Waals surface area contributed by atoms with Crippen molar-refractivity contribution in [2.24, 2.45) is 0 Å². The van der Waals surface area contributed by atoms with E-state index in [1.54, 1.807) is 0 Å². The van der Waals surface area contributed by atoms with E-state index < -0.39 is 0 Å². The molecule has 3 nitrogen and oxygen atoms in total. The Labute approximate surface area is 103 Å². The first-order chi connectivity index (χ1) is 8.40. The minimum Gasteiger partial charge on any atom is -0.486 e. The molecule has 0 bridgehead atoms. The summed E-state index contributed by atoms with van der Waals surface area (Å²) in [6, 6.07) is 6.17. The molecule has 1 aromatic rings. The number of unbranched alkanes of at least 4 members (excludes halogenated alkanes) is 2. The normalized spacial score (nSPS) is 13.7. The van der Waals surface area contributed by atoms with Crippen molar-refractivity contribution in [3.63, 3.8) is 0 Å². The van der Waals surface area contributed by atoms with E-state index in [1.807, 2.05) is 6.07 Å². The molecule has 1 aromatic carbocycles. The number of benzene rings is 1. The van der Waals surface area contributed by atoms with Gasteiger partial charge in [-0.15, -0.1) is 0 Å². The number of rotatable bonds is 6. The first kappa shape index (κ1) is 12.2. The summed E-state index contributed by atoms with van der Waals surface area (Å²) < 4.78 is 11.0. The van der Waals surface area contributed by atoms with E-state index in [0.29, 0.717) is 13.2 Å². The zero-order valence-corrected chi connectivity index (χ0v) is 10.5. The Morgan fingerprint density at radius 2 is 1.94 bits per heavy atom. The Hall–Kier alpha value is -1.22. The van der Waals surface area contributed by atoms with Gasteiger partial charge in [-0.2, -0.15) is 0 Å². The predicted molar refractivity (Wildman–Crippen MR) is 68.7 cm³/mol. The van der Waals surface area contributed by atoms with Crippen molar-refractivity contribution < 1.29 is 9.47 Å². The molecule has 0 saturated carbocycles. The summed E-state index contributed by atoms with van der Waals surface area (Å²) in [6.07, 6.45) is 3.82. The average molecular weight is 235 g/mol. The third kappa shape index (κ3) is 3.63. The van der Waals surface area contributed by atoms with Crippen LogP contribution < -0.4 is 14.8 Å². The highest BCUT2D eigenvalue weighted by Gasteiger charge is 2.11. The lowest BCUT2D eigenvalue weighted by Gasteiger charge is -2.19. The first-order valence-electron chi connectivity index (χ1n) is 6.49. The number of hydrogen-bond donors (Lipinski definition) is 1. The van der Waals surface area contributed by atoms with Crippen molar-refractivity contribution in [3.8, 4) is 11.5 Å². The van der Waals surface area contributed by atoms with Gasteiger partial charge < -0.3 is 14.8 Å². The summed E-state index contributed by atoms with van der Waals surface area (Å²) in [5, 5.41) is 3.45. The van der Waals surface area contributed by atoms with Crippen LogP contribution in [0.4, 0.5) is 0 Å². The van der Waals surface area contributed by atoms with Crippen LogP contribution in [-0.4, -0.2) is 19.8 Å². The van der Waals surface area contributed by atoms with Crippen LogP contribution in [0.5, 0.6) is 11.5 Å². The standard InChI is InChI=1S/C14H21NO2/c1-2-3-4-7-15-11-12-5-6-13-14(10-12)17-9-8-16-13/h5-6,10,15H,2-4,7-9,11H2,1H3. The second kappa shape index (κ2) is 6.50. The van der Waals surface area contributed by atoms with E-state index in [9.17, 15) is 0 Å². The molecule has 17 heavy (non-hydrogen) atoms. The van der Waals surface area contributed by atoms with Crippen molar-refractivity contribution in [2.75, 3.05) is 19.8 Å². The molecule has 0 amide bonds. The Kier molecular flexibility index (Phi) is 4.68. The molecule has 0 aliphatic carbocycles. The van der Waals surface area contributed by atoms with Crippen LogP contribution in [0.25, 0.3) is 0 Å². The van der Waals surface area contributed by atoms with Gasteiger partial charge in [-0.25, -0.2) is 0 Å². The highest BCUT2D eigenvalue weighted by Crippen LogP contribution is 2.30. The molecular formula is C14H21NO2. The lowest BCUT2D eigenvalue weighted by atomic mass is 10.2. The van der Waals surface area contributed by atoms with Gasteiger partial charge in [0.15, 0.2) is 11.5 Å². The van der Waals surface area contributed by atoms with Gasteiger partial charge in [-0.3, -0.25) is 0 Å². The van der Waals surface area contributed by atoms with Crippen molar-refractivity contribution in [1.82, 2.24) is 5.32 Å². The molecule has 0 radical (unpaired) electrons. The topological polar surface area (TPSA) is 30.5 Å². The monoisotopic (exact) mass is 235 g/mol. The Morgan fingerprint density at radius 3 is 2.76 bits per heavy atom. The molecule has 1 heterocycles. The van der Waals surface area contributed by atoms with E-state index in [2.05, 4.69) is 24.4 Å². The maximum atomic E-state index is 5.56. The number of fused-ring (bicyclic) bond motifs is 1. The van der Waals surface area contributed by atoms with Gasteiger partial charge in [0.2, 0.25) is 0 Å². The van der Waals surface area contributed by atoms with Crippen molar-refractivity contribution >= 4 is 0 Å². The summed E-state index contributed by atoms with van der Waals surface area (Å²) in [4.78, 5) is 0. The molecule has 94 valence electrons. The van der Waals surface area contributed by atoms with Crippen LogP contribution in [0.1, 0.15) is 31.7 Å². The zero-order chi connectivity index (χ0) is 11.9. The van der Waals surface area contributed by atoms with Crippen LogP contribution in [0.15, 0.2) is 18.2 Å². The van der Waals surface area contributed by atoms with Crippen LogP contribution >= 0.6 is 0 Å². The van der Waals surface area contributed by atoms with E-state index in [0.717, 1.165) is 24.6 Å². The fraction of sp³-hybridized carbons (Fsp3) is 0.571. The van der Waals surface area contributed by atoms with E-state index in [-0.39, 0.29) is 0 Å². The number of hydrogen-bond acceptors (Lipinski definition) is 3. The molecule has 0 unspecified atom stereocenters. The highest BCUT2D eigenvalue weighted by molar-refractivity contribution is 5.43. The molecule has 0 aromatic heterocycles. The summed E-state index contributed by atoms with van der Waals surface area (Å²) >= 11 is 0. The highest BCUT2D eigenvalue weighted by atomic mass is 16.6. The van der Waals surface area contributed by atoms with Gasteiger partial charge in [0, 0.05) is 6.54 Å². The third-order valence-electron chi connectivity index (χ3n) is 2.89. The fourth-order valence-electron chi connectivity index (χ4n) is 1.93. The third-order valence-corrected chi connectivity index (χ3v) is 2.89. The Bertz CT molecular complexity index is 352. The largest absolute Gasteiger partial charge is 0.486 e. The second-order valence-electron chi connectivity index (χ2n) is 4.36. The summed E-state index contributed by atoms with van der Waals surface area (Å²) in [6.45, 7) is 5.52. The minimum absolute atomic E-state index is 0.653. The quantitative estimate of drug-likeness (QED) is 0.769. The van der Waals surface area contributed by atoms with Crippen molar-refractivity contribution in [2.45, 2.75) is 32.7 Å². The maximum absolute atomic E-state index is 5.56. The first-order valence-corrected chi connectivity index (χ1v) is 6.49. The van der Waals surface area contributed by atoms with Gasteiger partial charge in [0.05, 0.1) is 0 Å². The van der Waals surface area contributed by atoms with Crippen molar-refractivity contribution in [3.05, 3.63) is 23.8 Å². The van der Waals surface area contributed by atoms with Gasteiger partial charge in [-0.1, -0.05) is 25.8 Å². The predicted octanol–water partition coefficient (Wildman–Crippen LogP) is 2.74. The molecule has 0 fully saturated rings. The molecule has 0 spiro atoms. The smallest absolute Gasteiger partial charge is 0.161 e. The van der Waals surface area contributed by atoms with Gasteiger partial charge in [-0.05, 0) is 30.7 Å². The van der Waals surface area contributed by atoms with Crippen LogP contribution in [0, 0.1) is 0 Å². The van der Waals surface area contributed by atoms with E-state index in [4.69, 9.17) is 9.47 Å². The van der Waals surface area contributed by atoms with Gasteiger partial charge in [0.25, 0.3) is 0 Å². The van der Waals surface area contributed by atoms with Crippen LogP contribution in [-0.2, 0) is 6.54 Å². The van der Waals surface area contributed by atoms with E-state index >= 15 is 0 Å². The van der Waals surface area contributed by atoms with Crippen molar-refractivity contribution in [1.29, 1.82) is 0 Å². The van der Waals surface area contributed by atoms with E-state index in [1.165, 1.54) is 24.8 Å². The summed E-state index contributed by atoms with van der Waals surface area (Å²) in [7, 11) is 0. The molecule has 1 aliphatic rings. The zero-order valence-electron chi connectivity index (χ0n) is 10.5. The lowest BCUT2D eigenvalue weighted by molar-refractivity contribution is 0.171. The molecular weight excluding hydrogens is 214 g/mol. The van der Waals surface area contributed by atoms with Crippen LogP contribution in [0.3, 0.4) is 0 Å². The van der Waals surface area contributed by atoms with Gasteiger partial charge in [0.1, 0.15) is 13.2 Å². The number of ether oxygens (including phenoxy) is 2. The minimum atomic E-state index is 0.653. The lowest BCUT2D eigenvalue weighted by Crippen LogP contribution is -2.17. The second-order valence-corrected chi connectivity index (χ2v) is 4.36. The average Bonchev–Trinajstić information content (AvgIpc) is 2.38. The maximum Gasteiger partial charge on any atom is 0.161 e. The number of nitrogens with one attached hydrogen (secondary N) is 1.